The Morgan fingerprint density at radius 3 is 2.10 bits per heavy atom. The number of hydrogen-bond donors (Lipinski definition) is 1. The lowest BCUT2D eigenvalue weighted by atomic mass is 10.2. The van der Waals surface area contributed by atoms with Crippen molar-refractivity contribution in [3.05, 3.63) is 29.8 Å². The molecule has 0 radical (unpaired) electrons. The van der Waals surface area contributed by atoms with Gasteiger partial charge in [-0.2, -0.15) is 0 Å². The molecule has 0 saturated heterocycles. The molecular formula is C13H22N2O4S2. The molecule has 0 unspecified atom stereocenters. The SMILES string of the molecule is CCCNS(=O)(=O)CCc1ccc(S(=O)(=O)N(C)C)cc1. The molecule has 0 fully saturated rings. The predicted octanol–water partition coefficient (Wildman–Crippen LogP) is 0.809. The zero-order chi connectivity index (χ0) is 16.1. The number of nitrogens with one attached hydrogen (secondary N) is 1. The highest BCUT2D eigenvalue weighted by atomic mass is 32.2. The smallest absolute Gasteiger partial charge is 0.215 e. The molecule has 0 amide bonds. The minimum Gasteiger partial charge on any atom is -0.215 e. The van der Waals surface area contributed by atoms with Crippen LogP contribution in [0.5, 0.6) is 0 Å². The number of aryl methyl sites for hydroxylation is 1. The van der Waals surface area contributed by atoms with Crippen molar-refractivity contribution in [2.24, 2.45) is 0 Å². The Hall–Kier alpha value is -0.960. The van der Waals surface area contributed by atoms with Crippen molar-refractivity contribution in [2.45, 2.75) is 24.7 Å². The van der Waals surface area contributed by atoms with Crippen LogP contribution >= 0.6 is 0 Å². The summed E-state index contributed by atoms with van der Waals surface area (Å²) in [6.07, 6.45) is 1.09. The monoisotopic (exact) mass is 334 g/mol. The van der Waals surface area contributed by atoms with Crippen molar-refractivity contribution in [3.63, 3.8) is 0 Å². The van der Waals surface area contributed by atoms with Gasteiger partial charge in [0.05, 0.1) is 10.6 Å². The molecule has 1 aromatic carbocycles. The van der Waals surface area contributed by atoms with Gasteiger partial charge in [-0.3, -0.25) is 0 Å². The van der Waals surface area contributed by atoms with E-state index >= 15 is 0 Å². The van der Waals surface area contributed by atoms with E-state index in [9.17, 15) is 16.8 Å². The van der Waals surface area contributed by atoms with Crippen molar-refractivity contribution < 1.29 is 16.8 Å². The molecule has 0 aliphatic carbocycles. The Kier molecular flexibility index (Phi) is 6.33. The number of benzene rings is 1. The molecule has 0 saturated carbocycles. The van der Waals surface area contributed by atoms with Crippen LogP contribution in [0.25, 0.3) is 0 Å². The van der Waals surface area contributed by atoms with E-state index in [1.165, 1.54) is 26.2 Å². The number of hydrogen-bond acceptors (Lipinski definition) is 4. The summed E-state index contributed by atoms with van der Waals surface area (Å²) in [7, 11) is -3.78. The van der Waals surface area contributed by atoms with E-state index in [0.29, 0.717) is 13.0 Å². The van der Waals surface area contributed by atoms with Gasteiger partial charge in [-0.15, -0.1) is 0 Å². The number of nitrogens with zero attached hydrogens (tertiary/aromatic N) is 1. The largest absolute Gasteiger partial charge is 0.242 e. The van der Waals surface area contributed by atoms with Crippen LogP contribution in [0.1, 0.15) is 18.9 Å². The normalized spacial score (nSPS) is 12.8. The molecule has 0 atom stereocenters. The Bertz CT molecular complexity index is 650. The van der Waals surface area contributed by atoms with Gasteiger partial charge < -0.3 is 0 Å². The van der Waals surface area contributed by atoms with Crippen LogP contribution in [-0.2, 0) is 26.5 Å². The molecule has 1 N–H and O–H groups in total. The van der Waals surface area contributed by atoms with Gasteiger partial charge in [-0.1, -0.05) is 19.1 Å². The van der Waals surface area contributed by atoms with Crippen LogP contribution in [0.3, 0.4) is 0 Å². The Balaban J connectivity index is 2.72. The minimum absolute atomic E-state index is 0.00717. The van der Waals surface area contributed by atoms with Gasteiger partial charge in [0.15, 0.2) is 0 Å². The summed E-state index contributed by atoms with van der Waals surface area (Å²) in [5, 5.41) is 0. The standard InChI is InChI=1S/C13H22N2O4S2/c1-4-10-14-20(16,17)11-9-12-5-7-13(8-6-12)21(18,19)15(2)3/h5-8,14H,4,9-11H2,1-3H3. The quantitative estimate of drug-likeness (QED) is 0.762. The zero-order valence-electron chi connectivity index (χ0n) is 12.5. The summed E-state index contributed by atoms with van der Waals surface area (Å²) in [6.45, 7) is 2.33. The highest BCUT2D eigenvalue weighted by Gasteiger charge is 2.16. The van der Waals surface area contributed by atoms with Gasteiger partial charge in [-0.05, 0) is 30.5 Å². The van der Waals surface area contributed by atoms with E-state index in [1.54, 1.807) is 12.1 Å². The van der Waals surface area contributed by atoms with Crippen molar-refractivity contribution in [3.8, 4) is 0 Å². The van der Waals surface area contributed by atoms with E-state index in [0.717, 1.165) is 16.3 Å². The maximum absolute atomic E-state index is 11.9. The average Bonchev–Trinajstić information content (AvgIpc) is 2.43. The molecule has 0 spiro atoms. The van der Waals surface area contributed by atoms with Crippen molar-refractivity contribution in [1.29, 1.82) is 0 Å². The van der Waals surface area contributed by atoms with Gasteiger partial charge in [0.2, 0.25) is 20.0 Å². The molecule has 120 valence electrons. The summed E-state index contributed by atoms with van der Waals surface area (Å²) in [5.41, 5.74) is 0.787. The second-order valence-corrected chi connectivity index (χ2v) is 8.97. The molecule has 1 rings (SSSR count). The van der Waals surface area contributed by atoms with Gasteiger partial charge in [0.25, 0.3) is 0 Å². The van der Waals surface area contributed by atoms with Gasteiger partial charge >= 0.3 is 0 Å². The highest BCUT2D eigenvalue weighted by molar-refractivity contribution is 7.89. The number of rotatable bonds is 8. The summed E-state index contributed by atoms with van der Waals surface area (Å²) in [5.74, 6) is -0.00717. The maximum Gasteiger partial charge on any atom is 0.242 e. The van der Waals surface area contributed by atoms with Crippen molar-refractivity contribution in [1.82, 2.24) is 9.03 Å². The fourth-order valence-electron chi connectivity index (χ4n) is 1.62. The molecule has 6 nitrogen and oxygen atoms in total. The van der Waals surface area contributed by atoms with E-state index in [4.69, 9.17) is 0 Å². The highest BCUT2D eigenvalue weighted by Crippen LogP contribution is 2.14. The Labute approximate surface area is 127 Å². The van der Waals surface area contributed by atoms with Crippen LogP contribution in [0, 0.1) is 0 Å². The molecule has 21 heavy (non-hydrogen) atoms. The first-order valence-electron chi connectivity index (χ1n) is 6.68. The lowest BCUT2D eigenvalue weighted by Crippen LogP contribution is -2.27. The second kappa shape index (κ2) is 7.35. The minimum atomic E-state index is -3.45. The molecule has 8 heteroatoms. The van der Waals surface area contributed by atoms with E-state index in [-0.39, 0.29) is 10.6 Å². The molecular weight excluding hydrogens is 312 g/mol. The average molecular weight is 334 g/mol. The first-order chi connectivity index (χ1) is 9.69. The maximum atomic E-state index is 11.9. The molecule has 0 aromatic heterocycles. The molecule has 1 aromatic rings. The lowest BCUT2D eigenvalue weighted by Gasteiger charge is -2.11. The third kappa shape index (κ3) is 5.39. The molecule has 0 aliphatic rings. The zero-order valence-corrected chi connectivity index (χ0v) is 14.2. The summed E-state index contributed by atoms with van der Waals surface area (Å²) in [4.78, 5) is 0.197. The van der Waals surface area contributed by atoms with Crippen LogP contribution in [0.15, 0.2) is 29.2 Å². The third-order valence-corrected chi connectivity index (χ3v) is 6.15. The van der Waals surface area contributed by atoms with Gasteiger partial charge in [-0.25, -0.2) is 25.9 Å². The first kappa shape index (κ1) is 18.1. The van der Waals surface area contributed by atoms with Crippen LogP contribution in [0.4, 0.5) is 0 Å². The fraction of sp³-hybridized carbons (Fsp3) is 0.538. The first-order valence-corrected chi connectivity index (χ1v) is 9.77. The van der Waals surface area contributed by atoms with Gasteiger partial charge in [0.1, 0.15) is 0 Å². The Morgan fingerprint density at radius 1 is 1.05 bits per heavy atom. The fourth-order valence-corrected chi connectivity index (χ4v) is 3.69. The summed E-state index contributed by atoms with van der Waals surface area (Å²) in [6, 6.07) is 6.28. The van der Waals surface area contributed by atoms with Crippen molar-refractivity contribution in [2.75, 3.05) is 26.4 Å². The lowest BCUT2D eigenvalue weighted by molar-refractivity contribution is 0.520. The van der Waals surface area contributed by atoms with E-state index < -0.39 is 20.0 Å². The van der Waals surface area contributed by atoms with Crippen LogP contribution in [-0.4, -0.2) is 47.5 Å². The van der Waals surface area contributed by atoms with Crippen molar-refractivity contribution >= 4 is 20.0 Å². The molecule has 0 heterocycles. The second-order valence-electron chi connectivity index (χ2n) is 4.89. The van der Waals surface area contributed by atoms with Crippen LogP contribution in [0.2, 0.25) is 0 Å². The summed E-state index contributed by atoms with van der Waals surface area (Å²) < 4.78 is 50.8. The Morgan fingerprint density at radius 2 is 1.62 bits per heavy atom. The topological polar surface area (TPSA) is 83.5 Å². The molecule has 0 aliphatic heterocycles. The van der Waals surface area contributed by atoms with Gasteiger partial charge in [0, 0.05) is 20.6 Å². The predicted molar refractivity (Wildman–Crippen MR) is 83.1 cm³/mol. The van der Waals surface area contributed by atoms with E-state index in [2.05, 4.69) is 4.72 Å². The third-order valence-electron chi connectivity index (χ3n) is 2.93. The number of sulfonamides is 2. The van der Waals surface area contributed by atoms with E-state index in [1.807, 2.05) is 6.92 Å². The van der Waals surface area contributed by atoms with Crippen LogP contribution < -0.4 is 4.72 Å². The summed E-state index contributed by atoms with van der Waals surface area (Å²) >= 11 is 0. The molecule has 0 bridgehead atoms.